The number of hydrogen-bond acceptors (Lipinski definition) is 5. The van der Waals surface area contributed by atoms with Crippen LogP contribution in [0.3, 0.4) is 0 Å². The molecule has 1 N–H and O–H groups in total. The number of esters is 1. The molecule has 0 rings (SSSR count). The van der Waals surface area contributed by atoms with Gasteiger partial charge in [0.25, 0.3) is 0 Å². The highest BCUT2D eigenvalue weighted by atomic mass is 35.5. The van der Waals surface area contributed by atoms with Crippen LogP contribution in [-0.4, -0.2) is 55.7 Å². The smallest absolute Gasteiger partial charge is 0.331 e. The molecule has 0 unspecified atom stereocenters. The van der Waals surface area contributed by atoms with Crippen LogP contribution in [0.25, 0.3) is 0 Å². The van der Waals surface area contributed by atoms with Crippen LogP contribution < -0.4 is 0 Å². The summed E-state index contributed by atoms with van der Waals surface area (Å²) in [7, 11) is -3.31. The largest absolute Gasteiger partial charge is 0.478 e. The second-order valence-corrected chi connectivity index (χ2v) is 5.08. The van der Waals surface area contributed by atoms with E-state index in [0.717, 1.165) is 16.6 Å². The van der Waals surface area contributed by atoms with Gasteiger partial charge in [0.05, 0.1) is 6.26 Å². The van der Waals surface area contributed by atoms with Crippen LogP contribution in [0.4, 0.5) is 0 Å². The zero-order valence-electron chi connectivity index (χ0n) is 10.0. The molecule has 0 aliphatic heterocycles. The molecule has 0 aromatic rings. The summed E-state index contributed by atoms with van der Waals surface area (Å²) in [4.78, 5) is 21.0. The van der Waals surface area contributed by atoms with Gasteiger partial charge in [0.15, 0.2) is 0 Å². The molecule has 0 bridgehead atoms. The average Bonchev–Trinajstić information content (AvgIpc) is 2.19. The Balaban J connectivity index is 0. The molecule has 0 fully saturated rings. The summed E-state index contributed by atoms with van der Waals surface area (Å²) >= 11 is 0. The van der Waals surface area contributed by atoms with E-state index in [4.69, 9.17) is 5.11 Å². The van der Waals surface area contributed by atoms with Gasteiger partial charge in [0.2, 0.25) is 10.0 Å². The quantitative estimate of drug-likeness (QED) is 0.519. The summed E-state index contributed by atoms with van der Waals surface area (Å²) in [5.74, 6) is -2.08. The van der Waals surface area contributed by atoms with Gasteiger partial charge in [-0.2, -0.15) is 4.31 Å². The van der Waals surface area contributed by atoms with E-state index >= 15 is 0 Å². The molecule has 0 heterocycles. The third kappa shape index (κ3) is 8.97. The number of sulfonamides is 1. The van der Waals surface area contributed by atoms with Gasteiger partial charge in [0.1, 0.15) is 6.61 Å². The maximum absolute atomic E-state index is 11.1. The van der Waals surface area contributed by atoms with Crippen LogP contribution in [-0.2, 0) is 24.3 Å². The van der Waals surface area contributed by atoms with Crippen LogP contribution in [0.2, 0.25) is 0 Å². The Bertz CT molecular complexity index is 405. The lowest BCUT2D eigenvalue weighted by atomic mass is 10.5. The van der Waals surface area contributed by atoms with E-state index in [1.165, 1.54) is 0 Å². The minimum absolute atomic E-state index is 0. The molecule has 0 amide bonds. The van der Waals surface area contributed by atoms with Gasteiger partial charge >= 0.3 is 11.9 Å². The first-order chi connectivity index (χ1) is 7.77. The second kappa shape index (κ2) is 8.90. The van der Waals surface area contributed by atoms with Crippen molar-refractivity contribution in [1.29, 1.82) is 0 Å². The fourth-order valence-electron chi connectivity index (χ4n) is 0.994. The number of carboxylic acid groups (broad SMARTS) is 1. The SMILES string of the molecule is CCN(CCOC(=O)/C=C/C(=O)O)S(C)(=O)=O.Cl. The maximum atomic E-state index is 11.1. The van der Waals surface area contributed by atoms with Gasteiger partial charge in [-0.1, -0.05) is 6.92 Å². The second-order valence-electron chi connectivity index (χ2n) is 3.09. The zero-order valence-corrected chi connectivity index (χ0v) is 11.7. The monoisotopic (exact) mass is 301 g/mol. The lowest BCUT2D eigenvalue weighted by Crippen LogP contribution is -2.33. The van der Waals surface area contributed by atoms with Crippen molar-refractivity contribution in [1.82, 2.24) is 4.31 Å². The fourth-order valence-corrected chi connectivity index (χ4v) is 1.87. The highest BCUT2D eigenvalue weighted by Gasteiger charge is 2.14. The number of ether oxygens (including phenoxy) is 1. The third-order valence-electron chi connectivity index (χ3n) is 1.77. The van der Waals surface area contributed by atoms with E-state index in [9.17, 15) is 18.0 Å². The van der Waals surface area contributed by atoms with Gasteiger partial charge in [-0.3, -0.25) is 0 Å². The van der Waals surface area contributed by atoms with E-state index in [0.29, 0.717) is 6.08 Å². The Labute approximate surface area is 112 Å². The van der Waals surface area contributed by atoms with Crippen LogP contribution >= 0.6 is 12.4 Å². The van der Waals surface area contributed by atoms with E-state index in [-0.39, 0.29) is 32.1 Å². The molecule has 18 heavy (non-hydrogen) atoms. The summed E-state index contributed by atoms with van der Waals surface area (Å²) in [6, 6.07) is 0. The number of aliphatic carboxylic acids is 1. The lowest BCUT2D eigenvalue weighted by molar-refractivity contribution is -0.138. The summed E-state index contributed by atoms with van der Waals surface area (Å²) in [5.41, 5.74) is 0. The summed E-state index contributed by atoms with van der Waals surface area (Å²) in [6.45, 7) is 1.86. The number of carboxylic acids is 1. The number of nitrogens with zero attached hydrogens (tertiary/aromatic N) is 1. The molecule has 0 saturated heterocycles. The van der Waals surface area contributed by atoms with Crippen LogP contribution in [0.1, 0.15) is 6.92 Å². The molecule has 0 atom stereocenters. The van der Waals surface area contributed by atoms with E-state index in [1.807, 2.05) is 0 Å². The lowest BCUT2D eigenvalue weighted by Gasteiger charge is -2.16. The normalized spacial score (nSPS) is 11.3. The van der Waals surface area contributed by atoms with E-state index in [1.54, 1.807) is 6.92 Å². The highest BCUT2D eigenvalue weighted by Crippen LogP contribution is 1.96. The number of carbonyl (C=O) groups is 2. The maximum Gasteiger partial charge on any atom is 0.331 e. The van der Waals surface area contributed by atoms with Gasteiger partial charge < -0.3 is 9.84 Å². The first kappa shape index (κ1) is 19.2. The average molecular weight is 302 g/mol. The Morgan fingerprint density at radius 2 is 1.89 bits per heavy atom. The van der Waals surface area contributed by atoms with Gasteiger partial charge in [-0.05, 0) is 0 Å². The summed E-state index contributed by atoms with van der Waals surface area (Å²) in [5, 5.41) is 8.24. The van der Waals surface area contributed by atoms with Crippen molar-refractivity contribution >= 4 is 34.4 Å². The number of likely N-dealkylation sites (N-methyl/N-ethyl adjacent to an activating group) is 1. The van der Waals surface area contributed by atoms with Crippen molar-refractivity contribution in [3.05, 3.63) is 12.2 Å². The summed E-state index contributed by atoms with van der Waals surface area (Å²) < 4.78 is 28.1. The van der Waals surface area contributed by atoms with Crippen LogP contribution in [0.5, 0.6) is 0 Å². The van der Waals surface area contributed by atoms with Crippen molar-refractivity contribution in [2.45, 2.75) is 6.92 Å². The number of halogens is 1. The Hall–Kier alpha value is -1.12. The number of rotatable bonds is 7. The molecule has 0 aromatic heterocycles. The topological polar surface area (TPSA) is 101 Å². The van der Waals surface area contributed by atoms with Crippen molar-refractivity contribution in [3.63, 3.8) is 0 Å². The van der Waals surface area contributed by atoms with Gasteiger partial charge in [-0.25, -0.2) is 18.0 Å². The summed E-state index contributed by atoms with van der Waals surface area (Å²) in [6.07, 6.45) is 2.47. The van der Waals surface area contributed by atoms with Crippen molar-refractivity contribution in [2.24, 2.45) is 0 Å². The molecular weight excluding hydrogens is 286 g/mol. The molecule has 0 aromatic carbocycles. The Morgan fingerprint density at radius 1 is 1.33 bits per heavy atom. The Kier molecular flexibility index (Phi) is 9.50. The van der Waals surface area contributed by atoms with Crippen LogP contribution in [0.15, 0.2) is 12.2 Å². The first-order valence-corrected chi connectivity index (χ1v) is 6.65. The van der Waals surface area contributed by atoms with E-state index < -0.39 is 22.0 Å². The van der Waals surface area contributed by atoms with Crippen molar-refractivity contribution in [2.75, 3.05) is 26.0 Å². The van der Waals surface area contributed by atoms with Crippen LogP contribution in [0, 0.1) is 0 Å². The van der Waals surface area contributed by atoms with Gasteiger partial charge in [-0.15, -0.1) is 12.4 Å². The molecule has 9 heteroatoms. The fraction of sp³-hybridized carbons (Fsp3) is 0.556. The molecule has 7 nitrogen and oxygen atoms in total. The zero-order chi connectivity index (χ0) is 13.5. The predicted octanol–water partition coefficient (Wildman–Crippen LogP) is -0.126. The number of hydrogen-bond donors (Lipinski definition) is 1. The molecule has 0 spiro atoms. The molecular formula is C9H16ClNO6S. The Morgan fingerprint density at radius 3 is 2.28 bits per heavy atom. The molecule has 0 saturated carbocycles. The molecule has 106 valence electrons. The van der Waals surface area contributed by atoms with Crippen molar-refractivity contribution in [3.8, 4) is 0 Å². The predicted molar refractivity (Wildman–Crippen MR) is 67.1 cm³/mol. The highest BCUT2D eigenvalue weighted by molar-refractivity contribution is 7.88. The molecule has 0 aliphatic rings. The standard InChI is InChI=1S/C9H15NO6S.ClH/c1-3-10(17(2,14)15)6-7-16-9(13)5-4-8(11)12;/h4-5H,3,6-7H2,1-2H3,(H,11,12);1H/b5-4+;. The minimum Gasteiger partial charge on any atom is -0.478 e. The van der Waals surface area contributed by atoms with Crippen molar-refractivity contribution < 1.29 is 27.9 Å². The molecule has 0 radical (unpaired) electrons. The minimum atomic E-state index is -3.31. The van der Waals surface area contributed by atoms with Gasteiger partial charge in [0, 0.05) is 25.2 Å². The molecule has 0 aliphatic carbocycles. The third-order valence-corrected chi connectivity index (χ3v) is 3.15. The van der Waals surface area contributed by atoms with E-state index in [2.05, 4.69) is 4.74 Å². The first-order valence-electron chi connectivity index (χ1n) is 4.80. The number of carbonyl (C=O) groups excluding carboxylic acids is 1.